The van der Waals surface area contributed by atoms with Gasteiger partial charge in [0.05, 0.1) is 6.61 Å². The highest BCUT2D eigenvalue weighted by Gasteiger charge is 2.43. The molecule has 11 heavy (non-hydrogen) atoms. The number of esters is 1. The number of Topliss-reactive ketones (excluding diaryl/α,β-unsaturated/α-hetero) is 1. The molecule has 0 fully saturated rings. The number of hydrogen-bond acceptors (Lipinski definition) is 3. The molecule has 3 nitrogen and oxygen atoms in total. The second kappa shape index (κ2) is 3.67. The molecule has 0 aliphatic rings. The number of hydrogen-bond donors (Lipinski definition) is 0. The van der Waals surface area contributed by atoms with Gasteiger partial charge in [-0.05, 0) is 13.8 Å². The SMILES string of the molecule is CCOC(=O)C(F)(Cl)C(C)=O. The Bertz CT molecular complexity index is 179. The summed E-state index contributed by atoms with van der Waals surface area (Å²) in [6.07, 6.45) is 0. The molecule has 0 radical (unpaired) electrons. The van der Waals surface area contributed by atoms with Gasteiger partial charge in [-0.25, -0.2) is 9.18 Å². The highest BCUT2D eigenvalue weighted by Crippen LogP contribution is 2.19. The second-order valence-electron chi connectivity index (χ2n) is 1.85. The molecule has 0 aromatic carbocycles. The van der Waals surface area contributed by atoms with Crippen LogP contribution in [0.15, 0.2) is 0 Å². The lowest BCUT2D eigenvalue weighted by Crippen LogP contribution is -2.36. The average molecular weight is 183 g/mol. The Hall–Kier alpha value is -0.640. The number of rotatable bonds is 3. The fourth-order valence-electron chi connectivity index (χ4n) is 0.365. The van der Waals surface area contributed by atoms with E-state index in [4.69, 9.17) is 11.6 Å². The Morgan fingerprint density at radius 2 is 2.09 bits per heavy atom. The van der Waals surface area contributed by atoms with Crippen LogP contribution in [0.2, 0.25) is 0 Å². The van der Waals surface area contributed by atoms with Gasteiger partial charge in [0.2, 0.25) is 0 Å². The van der Waals surface area contributed by atoms with Crippen LogP contribution in [0.1, 0.15) is 13.8 Å². The topological polar surface area (TPSA) is 43.4 Å². The Kier molecular flexibility index (Phi) is 3.45. The van der Waals surface area contributed by atoms with Crippen molar-refractivity contribution < 1.29 is 18.7 Å². The highest BCUT2D eigenvalue weighted by atomic mass is 35.5. The van der Waals surface area contributed by atoms with Crippen molar-refractivity contribution in [1.82, 2.24) is 0 Å². The van der Waals surface area contributed by atoms with Crippen molar-refractivity contribution in [3.05, 3.63) is 0 Å². The van der Waals surface area contributed by atoms with E-state index in [9.17, 15) is 14.0 Å². The van der Waals surface area contributed by atoms with Gasteiger partial charge in [-0.2, -0.15) is 0 Å². The average Bonchev–Trinajstić information content (AvgIpc) is 1.88. The maximum Gasteiger partial charge on any atom is 0.367 e. The number of carbonyl (C=O) groups is 2. The van der Waals surface area contributed by atoms with E-state index >= 15 is 0 Å². The third-order valence-electron chi connectivity index (χ3n) is 0.974. The Labute approximate surface area is 68.5 Å². The molecule has 0 N–H and O–H groups in total. The molecular formula is C6H8ClFO3. The van der Waals surface area contributed by atoms with Crippen molar-refractivity contribution >= 4 is 23.4 Å². The van der Waals surface area contributed by atoms with Gasteiger partial charge in [-0.3, -0.25) is 4.79 Å². The van der Waals surface area contributed by atoms with Crippen LogP contribution < -0.4 is 0 Å². The third kappa shape index (κ3) is 2.46. The molecule has 0 spiro atoms. The van der Waals surface area contributed by atoms with Gasteiger partial charge >= 0.3 is 11.1 Å². The van der Waals surface area contributed by atoms with Crippen molar-refractivity contribution in [1.29, 1.82) is 0 Å². The summed E-state index contributed by atoms with van der Waals surface area (Å²) in [5, 5.41) is -3.02. The highest BCUT2D eigenvalue weighted by molar-refractivity contribution is 6.43. The summed E-state index contributed by atoms with van der Waals surface area (Å²) in [5.74, 6) is -2.42. The third-order valence-corrected chi connectivity index (χ3v) is 1.39. The van der Waals surface area contributed by atoms with E-state index in [1.807, 2.05) is 0 Å². The molecule has 0 bridgehead atoms. The molecule has 1 atom stereocenters. The lowest BCUT2D eigenvalue weighted by molar-refractivity contribution is -0.155. The first-order valence-electron chi connectivity index (χ1n) is 2.99. The molecular weight excluding hydrogens is 175 g/mol. The molecule has 0 aromatic rings. The maximum absolute atomic E-state index is 12.7. The van der Waals surface area contributed by atoms with E-state index in [2.05, 4.69) is 4.74 Å². The molecule has 1 unspecified atom stereocenters. The van der Waals surface area contributed by atoms with Gasteiger partial charge < -0.3 is 4.74 Å². The number of carbonyl (C=O) groups excluding carboxylic acids is 2. The van der Waals surface area contributed by atoms with Gasteiger partial charge in [0.25, 0.3) is 0 Å². The standard InChI is InChI=1S/C6H8ClFO3/c1-3-11-5(10)6(7,8)4(2)9/h3H2,1-2H3. The molecule has 0 aliphatic carbocycles. The van der Waals surface area contributed by atoms with Gasteiger partial charge in [0.1, 0.15) is 0 Å². The van der Waals surface area contributed by atoms with Crippen molar-refractivity contribution in [3.63, 3.8) is 0 Å². The molecule has 0 aromatic heterocycles. The minimum Gasteiger partial charge on any atom is -0.462 e. The van der Waals surface area contributed by atoms with Crippen molar-refractivity contribution in [3.8, 4) is 0 Å². The van der Waals surface area contributed by atoms with Gasteiger partial charge in [0.15, 0.2) is 5.78 Å². The predicted octanol–water partition coefficient (Wildman–Crippen LogP) is 1.04. The van der Waals surface area contributed by atoms with E-state index in [1.165, 1.54) is 6.92 Å². The quantitative estimate of drug-likeness (QED) is 0.372. The number of ether oxygens (including phenoxy) is 1. The zero-order valence-corrected chi connectivity index (χ0v) is 6.94. The summed E-state index contributed by atoms with van der Waals surface area (Å²) in [4.78, 5) is 20.9. The van der Waals surface area contributed by atoms with E-state index in [0.29, 0.717) is 0 Å². The number of halogens is 2. The molecule has 0 saturated carbocycles. The first-order valence-corrected chi connectivity index (χ1v) is 3.36. The van der Waals surface area contributed by atoms with Crippen LogP contribution in [-0.2, 0) is 14.3 Å². The van der Waals surface area contributed by atoms with Crippen LogP contribution in [0.5, 0.6) is 0 Å². The Morgan fingerprint density at radius 3 is 2.36 bits per heavy atom. The van der Waals surface area contributed by atoms with Crippen LogP contribution in [0.25, 0.3) is 0 Å². The van der Waals surface area contributed by atoms with E-state index in [1.54, 1.807) is 0 Å². The normalized spacial score (nSPS) is 15.3. The largest absolute Gasteiger partial charge is 0.462 e. The Balaban J connectivity index is 4.30. The fraction of sp³-hybridized carbons (Fsp3) is 0.667. The summed E-state index contributed by atoms with van der Waals surface area (Å²) >= 11 is 4.91. The lowest BCUT2D eigenvalue weighted by Gasteiger charge is -2.11. The fourth-order valence-corrected chi connectivity index (χ4v) is 0.420. The minimum atomic E-state index is -3.02. The van der Waals surface area contributed by atoms with Gasteiger partial charge in [-0.15, -0.1) is 0 Å². The van der Waals surface area contributed by atoms with E-state index < -0.39 is 16.9 Å². The second-order valence-corrected chi connectivity index (χ2v) is 2.37. The maximum atomic E-state index is 12.7. The molecule has 0 heterocycles. The Morgan fingerprint density at radius 1 is 1.64 bits per heavy atom. The van der Waals surface area contributed by atoms with Crippen molar-refractivity contribution in [2.75, 3.05) is 6.61 Å². The zero-order valence-electron chi connectivity index (χ0n) is 6.19. The summed E-state index contributed by atoms with van der Waals surface area (Å²) < 4.78 is 16.9. The van der Waals surface area contributed by atoms with Crippen LogP contribution in [0.4, 0.5) is 4.39 Å². The monoisotopic (exact) mass is 182 g/mol. The van der Waals surface area contributed by atoms with Crippen LogP contribution in [0.3, 0.4) is 0 Å². The number of ketones is 1. The van der Waals surface area contributed by atoms with Crippen molar-refractivity contribution in [2.24, 2.45) is 0 Å². The summed E-state index contributed by atoms with van der Waals surface area (Å²) in [6.45, 7) is 2.36. The summed E-state index contributed by atoms with van der Waals surface area (Å²) in [5.41, 5.74) is 0. The minimum absolute atomic E-state index is 0.00942. The predicted molar refractivity (Wildman–Crippen MR) is 37.0 cm³/mol. The molecule has 64 valence electrons. The molecule has 0 amide bonds. The summed E-state index contributed by atoms with van der Waals surface area (Å²) in [7, 11) is 0. The van der Waals surface area contributed by atoms with Gasteiger partial charge in [0, 0.05) is 0 Å². The summed E-state index contributed by atoms with van der Waals surface area (Å²) in [6, 6.07) is 0. The van der Waals surface area contributed by atoms with E-state index in [0.717, 1.165) is 6.92 Å². The zero-order chi connectivity index (χ0) is 9.07. The van der Waals surface area contributed by atoms with E-state index in [-0.39, 0.29) is 6.61 Å². The number of alkyl halides is 2. The molecule has 0 saturated heterocycles. The van der Waals surface area contributed by atoms with Crippen LogP contribution in [0, 0.1) is 0 Å². The van der Waals surface area contributed by atoms with Crippen LogP contribution in [-0.4, -0.2) is 23.5 Å². The lowest BCUT2D eigenvalue weighted by atomic mass is 10.3. The first kappa shape index (κ1) is 10.4. The smallest absolute Gasteiger partial charge is 0.367 e. The molecule has 5 heteroatoms. The van der Waals surface area contributed by atoms with Gasteiger partial charge in [-0.1, -0.05) is 11.6 Å². The first-order chi connectivity index (χ1) is 4.92. The van der Waals surface area contributed by atoms with Crippen molar-refractivity contribution in [2.45, 2.75) is 19.0 Å². The van der Waals surface area contributed by atoms with Crippen LogP contribution >= 0.6 is 11.6 Å². The molecule has 0 aliphatic heterocycles. The molecule has 0 rings (SSSR count).